The number of likely N-dealkylation sites (tertiary alicyclic amines) is 1. The van der Waals surface area contributed by atoms with Crippen LogP contribution in [0.15, 0.2) is 18.2 Å². The van der Waals surface area contributed by atoms with Gasteiger partial charge in [-0.2, -0.15) is 0 Å². The number of piperazine rings is 1. The number of benzene rings is 1. The molecule has 2 atom stereocenters. The molecule has 0 radical (unpaired) electrons. The molecule has 2 aliphatic rings. The summed E-state index contributed by atoms with van der Waals surface area (Å²) in [6.07, 6.45) is 1.93. The van der Waals surface area contributed by atoms with Gasteiger partial charge in [-0.3, -0.25) is 9.69 Å². The molecule has 26 heavy (non-hydrogen) atoms. The largest absolute Gasteiger partial charge is 0.479 e. The highest BCUT2D eigenvalue weighted by Crippen LogP contribution is 2.32. The van der Waals surface area contributed by atoms with E-state index in [1.807, 2.05) is 4.90 Å². The molecule has 1 aromatic rings. The van der Waals surface area contributed by atoms with Crippen LogP contribution in [0.2, 0.25) is 10.0 Å². The second-order valence-electron chi connectivity index (χ2n) is 7.23. The monoisotopic (exact) mass is 399 g/mol. The number of piperidine rings is 1. The Morgan fingerprint density at radius 3 is 2.62 bits per heavy atom. The molecule has 144 valence electrons. The summed E-state index contributed by atoms with van der Waals surface area (Å²) in [5.41, 5.74) is 0. The minimum absolute atomic E-state index is 0.00135. The van der Waals surface area contributed by atoms with E-state index in [2.05, 4.69) is 16.8 Å². The summed E-state index contributed by atoms with van der Waals surface area (Å²) in [7, 11) is 2.19. The van der Waals surface area contributed by atoms with Crippen molar-refractivity contribution in [1.29, 1.82) is 0 Å². The molecule has 2 heterocycles. The number of hydrogen-bond acceptors (Lipinski definition) is 4. The van der Waals surface area contributed by atoms with E-state index in [-0.39, 0.29) is 5.91 Å². The van der Waals surface area contributed by atoms with Gasteiger partial charge in [0.05, 0.1) is 5.02 Å². The Hall–Kier alpha value is -1.01. The number of hydrogen-bond donors (Lipinski definition) is 0. The van der Waals surface area contributed by atoms with Gasteiger partial charge in [0.1, 0.15) is 10.8 Å². The van der Waals surface area contributed by atoms with Crippen LogP contribution in [0.1, 0.15) is 19.8 Å². The van der Waals surface area contributed by atoms with Crippen LogP contribution in [0.5, 0.6) is 5.75 Å². The summed E-state index contributed by atoms with van der Waals surface area (Å²) < 4.78 is 5.77. The molecule has 5 nitrogen and oxygen atoms in total. The van der Waals surface area contributed by atoms with Gasteiger partial charge < -0.3 is 14.5 Å². The first kappa shape index (κ1) is 19.7. The summed E-state index contributed by atoms with van der Waals surface area (Å²) in [5.74, 6) is 0.449. The Labute approximate surface area is 165 Å². The van der Waals surface area contributed by atoms with Crippen LogP contribution < -0.4 is 4.74 Å². The van der Waals surface area contributed by atoms with Crippen LogP contribution in [-0.4, -0.2) is 79.1 Å². The zero-order valence-electron chi connectivity index (χ0n) is 15.5. The molecule has 0 saturated carbocycles. The van der Waals surface area contributed by atoms with Gasteiger partial charge >= 0.3 is 0 Å². The summed E-state index contributed by atoms with van der Waals surface area (Å²) >= 11 is 12.2. The van der Waals surface area contributed by atoms with Crippen molar-refractivity contribution in [2.24, 2.45) is 0 Å². The first-order chi connectivity index (χ1) is 12.5. The Morgan fingerprint density at radius 1 is 1.19 bits per heavy atom. The normalized spacial score (nSPS) is 23.7. The highest BCUT2D eigenvalue weighted by Gasteiger charge is 2.30. The third-order valence-corrected chi connectivity index (χ3v) is 6.11. The summed E-state index contributed by atoms with van der Waals surface area (Å²) in [6.45, 7) is 7.43. The summed E-state index contributed by atoms with van der Waals surface area (Å²) in [5, 5.41) is 0.773. The topological polar surface area (TPSA) is 36.0 Å². The number of carbonyl (C=O) groups excluding carboxylic acids is 1. The van der Waals surface area contributed by atoms with E-state index < -0.39 is 6.10 Å². The van der Waals surface area contributed by atoms with Crippen molar-refractivity contribution < 1.29 is 9.53 Å². The predicted molar refractivity (Wildman–Crippen MR) is 105 cm³/mol. The highest BCUT2D eigenvalue weighted by molar-refractivity contribution is 6.42. The fraction of sp³-hybridized carbons (Fsp3) is 0.632. The van der Waals surface area contributed by atoms with Gasteiger partial charge in [-0.25, -0.2) is 0 Å². The standard InChI is InChI=1S/C19H27Cl2N3O2/c1-14(26-17-7-3-6-16(20)18(17)21)19(25)24-11-9-23(10-12-24)15-5-4-8-22(2)13-15/h3,6-7,14-15H,4-5,8-13H2,1-2H3. The molecule has 1 aromatic carbocycles. The average Bonchev–Trinajstić information content (AvgIpc) is 2.65. The van der Waals surface area contributed by atoms with E-state index in [1.54, 1.807) is 25.1 Å². The number of rotatable bonds is 4. The number of amides is 1. The molecular formula is C19H27Cl2N3O2. The maximum absolute atomic E-state index is 12.7. The molecule has 1 amide bonds. The van der Waals surface area contributed by atoms with Gasteiger partial charge in [-0.05, 0) is 45.5 Å². The SMILES string of the molecule is CC(Oc1cccc(Cl)c1Cl)C(=O)N1CCN(C2CCCN(C)C2)CC1. The molecule has 2 aliphatic heterocycles. The van der Waals surface area contributed by atoms with Crippen LogP contribution in [0.4, 0.5) is 0 Å². The van der Waals surface area contributed by atoms with Crippen LogP contribution in [0, 0.1) is 0 Å². The lowest BCUT2D eigenvalue weighted by Crippen LogP contribution is -2.56. The van der Waals surface area contributed by atoms with Crippen molar-refractivity contribution in [3.63, 3.8) is 0 Å². The Bertz CT molecular complexity index is 635. The van der Waals surface area contributed by atoms with Gasteiger partial charge in [0.15, 0.2) is 6.10 Å². The lowest BCUT2D eigenvalue weighted by molar-refractivity contribution is -0.140. The molecule has 2 saturated heterocycles. The minimum atomic E-state index is -0.585. The fourth-order valence-corrected chi connectivity index (χ4v) is 4.15. The van der Waals surface area contributed by atoms with E-state index in [4.69, 9.17) is 27.9 Å². The Balaban J connectivity index is 1.52. The van der Waals surface area contributed by atoms with E-state index in [0.717, 1.165) is 32.7 Å². The minimum Gasteiger partial charge on any atom is -0.479 e. The first-order valence-corrected chi connectivity index (χ1v) is 10.0. The fourth-order valence-electron chi connectivity index (χ4n) is 3.82. The smallest absolute Gasteiger partial charge is 0.263 e. The number of nitrogens with zero attached hydrogens (tertiary/aromatic N) is 3. The molecule has 0 N–H and O–H groups in total. The van der Waals surface area contributed by atoms with E-state index in [0.29, 0.717) is 21.8 Å². The van der Waals surface area contributed by atoms with Gasteiger partial charge in [-0.15, -0.1) is 0 Å². The Kier molecular flexibility index (Phi) is 6.67. The zero-order chi connectivity index (χ0) is 18.7. The third-order valence-electron chi connectivity index (χ3n) is 5.31. The van der Waals surface area contributed by atoms with Gasteiger partial charge in [-0.1, -0.05) is 29.3 Å². The molecule has 0 bridgehead atoms. The van der Waals surface area contributed by atoms with Crippen LogP contribution >= 0.6 is 23.2 Å². The van der Waals surface area contributed by atoms with Gasteiger partial charge in [0.25, 0.3) is 5.91 Å². The number of carbonyl (C=O) groups is 1. The maximum Gasteiger partial charge on any atom is 0.263 e. The Morgan fingerprint density at radius 2 is 1.92 bits per heavy atom. The van der Waals surface area contributed by atoms with Gasteiger partial charge in [0.2, 0.25) is 0 Å². The van der Waals surface area contributed by atoms with E-state index in [9.17, 15) is 4.79 Å². The predicted octanol–water partition coefficient (Wildman–Crippen LogP) is 3.00. The average molecular weight is 400 g/mol. The number of halogens is 2. The summed E-state index contributed by atoms with van der Waals surface area (Å²) in [4.78, 5) is 19.6. The van der Waals surface area contributed by atoms with Crippen LogP contribution in [-0.2, 0) is 4.79 Å². The lowest BCUT2D eigenvalue weighted by Gasteiger charge is -2.43. The second-order valence-corrected chi connectivity index (χ2v) is 8.02. The molecule has 3 rings (SSSR count). The van der Waals surface area contributed by atoms with E-state index >= 15 is 0 Å². The number of ether oxygens (including phenoxy) is 1. The maximum atomic E-state index is 12.7. The van der Waals surface area contributed by atoms with Crippen molar-refractivity contribution >= 4 is 29.1 Å². The zero-order valence-corrected chi connectivity index (χ0v) is 17.0. The van der Waals surface area contributed by atoms with Crippen LogP contribution in [0.25, 0.3) is 0 Å². The van der Waals surface area contributed by atoms with Crippen LogP contribution in [0.3, 0.4) is 0 Å². The highest BCUT2D eigenvalue weighted by atomic mass is 35.5. The third kappa shape index (κ3) is 4.63. The van der Waals surface area contributed by atoms with Gasteiger partial charge in [0, 0.05) is 38.8 Å². The van der Waals surface area contributed by atoms with Crippen molar-refractivity contribution in [2.45, 2.75) is 31.9 Å². The molecular weight excluding hydrogens is 373 g/mol. The van der Waals surface area contributed by atoms with Crippen molar-refractivity contribution in [1.82, 2.24) is 14.7 Å². The second kappa shape index (κ2) is 8.79. The number of likely N-dealkylation sites (N-methyl/N-ethyl adjacent to an activating group) is 1. The molecule has 7 heteroatoms. The lowest BCUT2D eigenvalue weighted by atomic mass is 10.0. The molecule has 2 fully saturated rings. The quantitative estimate of drug-likeness (QED) is 0.779. The van der Waals surface area contributed by atoms with Crippen molar-refractivity contribution in [2.75, 3.05) is 46.3 Å². The van der Waals surface area contributed by atoms with Crippen molar-refractivity contribution in [3.8, 4) is 5.75 Å². The molecule has 2 unspecified atom stereocenters. The molecule has 0 spiro atoms. The first-order valence-electron chi connectivity index (χ1n) is 9.27. The van der Waals surface area contributed by atoms with E-state index in [1.165, 1.54) is 19.4 Å². The summed E-state index contributed by atoms with van der Waals surface area (Å²) in [6, 6.07) is 5.81. The molecule has 0 aliphatic carbocycles. The molecule has 0 aromatic heterocycles. The van der Waals surface area contributed by atoms with Crippen molar-refractivity contribution in [3.05, 3.63) is 28.2 Å².